The van der Waals surface area contributed by atoms with Gasteiger partial charge in [0.1, 0.15) is 11.6 Å². The van der Waals surface area contributed by atoms with Crippen molar-refractivity contribution in [2.75, 3.05) is 0 Å². The molecular formula is C19H9BrF2N2O. The van der Waals surface area contributed by atoms with Gasteiger partial charge < -0.3 is 4.98 Å². The normalized spacial score (nSPS) is 15.8. The van der Waals surface area contributed by atoms with E-state index in [2.05, 4.69) is 20.9 Å². The molecule has 0 fully saturated rings. The zero-order valence-corrected chi connectivity index (χ0v) is 14.7. The van der Waals surface area contributed by atoms with Crippen LogP contribution in [-0.2, 0) is 5.41 Å². The molecule has 0 saturated carbocycles. The van der Waals surface area contributed by atoms with E-state index in [0.29, 0.717) is 26.9 Å². The average molecular weight is 399 g/mol. The number of aromatic amines is 1. The van der Waals surface area contributed by atoms with E-state index in [1.165, 1.54) is 0 Å². The van der Waals surface area contributed by atoms with Crippen LogP contribution in [0.15, 0.2) is 16.6 Å². The van der Waals surface area contributed by atoms with Gasteiger partial charge in [0.2, 0.25) is 0 Å². The van der Waals surface area contributed by atoms with E-state index in [1.807, 2.05) is 13.8 Å². The van der Waals surface area contributed by atoms with Crippen LogP contribution in [0, 0.1) is 23.0 Å². The summed E-state index contributed by atoms with van der Waals surface area (Å²) in [5.74, 6) is -2.15. The Hall–Kier alpha value is -2.52. The van der Waals surface area contributed by atoms with Crippen molar-refractivity contribution in [2.24, 2.45) is 0 Å². The number of ketones is 1. The SMILES string of the molecule is CC1(C)c2cc3c(Br)cc2C(=O)c2c1[nH]c1c(F)c(C#N)c(F)c-3c21. The lowest BCUT2D eigenvalue weighted by Crippen LogP contribution is -2.31. The predicted molar refractivity (Wildman–Crippen MR) is 91.6 cm³/mol. The number of rotatable bonds is 0. The lowest BCUT2D eigenvalue weighted by atomic mass is 9.68. The minimum atomic E-state index is -0.957. The first-order chi connectivity index (χ1) is 11.8. The van der Waals surface area contributed by atoms with Crippen molar-refractivity contribution in [1.82, 2.24) is 4.98 Å². The molecule has 122 valence electrons. The molecule has 1 heterocycles. The van der Waals surface area contributed by atoms with Gasteiger partial charge in [0.05, 0.1) is 11.1 Å². The third-order valence-corrected chi connectivity index (χ3v) is 6.04. The molecule has 0 aliphatic heterocycles. The molecule has 2 aromatic carbocycles. The van der Waals surface area contributed by atoms with Crippen LogP contribution >= 0.6 is 15.9 Å². The first-order valence-electron chi connectivity index (χ1n) is 7.65. The number of carbonyl (C=O) groups is 1. The predicted octanol–water partition coefficient (Wildman–Crippen LogP) is 4.93. The number of H-pyrrole nitrogens is 1. The van der Waals surface area contributed by atoms with Crippen molar-refractivity contribution < 1.29 is 13.6 Å². The number of hydrogen-bond donors (Lipinski definition) is 1. The van der Waals surface area contributed by atoms with Crippen LogP contribution in [0.2, 0.25) is 0 Å². The van der Waals surface area contributed by atoms with Gasteiger partial charge in [0.15, 0.2) is 17.4 Å². The van der Waals surface area contributed by atoms with Gasteiger partial charge in [0.25, 0.3) is 0 Å². The van der Waals surface area contributed by atoms with Crippen LogP contribution in [0.3, 0.4) is 0 Å². The fourth-order valence-electron chi connectivity index (χ4n) is 4.16. The Balaban J connectivity index is 2.21. The van der Waals surface area contributed by atoms with Gasteiger partial charge in [-0.25, -0.2) is 8.78 Å². The summed E-state index contributed by atoms with van der Waals surface area (Å²) < 4.78 is 30.4. The Morgan fingerprint density at radius 3 is 2.56 bits per heavy atom. The van der Waals surface area contributed by atoms with Gasteiger partial charge in [-0.2, -0.15) is 5.26 Å². The van der Waals surface area contributed by atoms with Crippen LogP contribution in [0.5, 0.6) is 0 Å². The number of benzene rings is 2. The molecule has 1 N–H and O–H groups in total. The van der Waals surface area contributed by atoms with Crippen LogP contribution in [0.25, 0.3) is 22.0 Å². The molecule has 0 saturated heterocycles. The molecule has 0 spiro atoms. The molecule has 0 amide bonds. The fraction of sp³-hybridized carbons (Fsp3) is 0.158. The van der Waals surface area contributed by atoms with Gasteiger partial charge in [-0.3, -0.25) is 4.79 Å². The molecule has 3 aliphatic rings. The maximum atomic E-state index is 15.1. The molecule has 3 nitrogen and oxygen atoms in total. The number of nitrogens with one attached hydrogen (secondary N) is 1. The third kappa shape index (κ3) is 1.43. The van der Waals surface area contributed by atoms with Crippen molar-refractivity contribution >= 4 is 32.6 Å². The zero-order chi connectivity index (χ0) is 17.8. The van der Waals surface area contributed by atoms with E-state index < -0.39 is 22.6 Å². The van der Waals surface area contributed by atoms with Crippen molar-refractivity contribution in [3.05, 3.63) is 56.2 Å². The first kappa shape index (κ1) is 14.8. The first-order valence-corrected chi connectivity index (χ1v) is 8.44. The van der Waals surface area contributed by atoms with E-state index in [4.69, 9.17) is 0 Å². The molecule has 6 rings (SSSR count). The number of nitrogens with zero attached hydrogens (tertiary/aromatic N) is 1. The smallest absolute Gasteiger partial charge is 0.195 e. The second kappa shape index (κ2) is 4.17. The molecular weight excluding hydrogens is 390 g/mol. The number of nitriles is 1. The third-order valence-electron chi connectivity index (χ3n) is 5.39. The van der Waals surface area contributed by atoms with Gasteiger partial charge in [0, 0.05) is 32.1 Å². The van der Waals surface area contributed by atoms with E-state index in [1.54, 1.807) is 18.2 Å². The highest BCUT2D eigenvalue weighted by molar-refractivity contribution is 9.10. The molecule has 0 unspecified atom stereocenters. The van der Waals surface area contributed by atoms with Crippen molar-refractivity contribution in [2.45, 2.75) is 19.3 Å². The number of carbonyl (C=O) groups excluding carboxylic acids is 1. The average Bonchev–Trinajstić information content (AvgIpc) is 2.95. The van der Waals surface area contributed by atoms with Crippen LogP contribution < -0.4 is 0 Å². The number of fused-ring (bicyclic) bond motifs is 1. The molecule has 0 atom stereocenters. The highest BCUT2D eigenvalue weighted by Gasteiger charge is 2.44. The molecule has 0 radical (unpaired) electrons. The summed E-state index contributed by atoms with van der Waals surface area (Å²) in [6.45, 7) is 3.88. The maximum absolute atomic E-state index is 15.1. The minimum Gasteiger partial charge on any atom is -0.355 e. The second-order valence-corrected chi connectivity index (χ2v) is 7.80. The van der Waals surface area contributed by atoms with Crippen molar-refractivity contribution in [3.8, 4) is 17.2 Å². The Morgan fingerprint density at radius 2 is 1.88 bits per heavy atom. The van der Waals surface area contributed by atoms with Crippen LogP contribution in [0.1, 0.15) is 46.6 Å². The summed E-state index contributed by atoms with van der Waals surface area (Å²) >= 11 is 3.40. The maximum Gasteiger partial charge on any atom is 0.195 e. The topological polar surface area (TPSA) is 56.6 Å². The minimum absolute atomic E-state index is 0.00924. The Labute approximate surface area is 149 Å². The summed E-state index contributed by atoms with van der Waals surface area (Å²) in [5, 5.41) is 9.45. The van der Waals surface area contributed by atoms with Gasteiger partial charge in [-0.05, 0) is 23.3 Å². The van der Waals surface area contributed by atoms with Crippen molar-refractivity contribution in [1.29, 1.82) is 5.26 Å². The largest absolute Gasteiger partial charge is 0.355 e. The van der Waals surface area contributed by atoms with E-state index >= 15 is 4.39 Å². The molecule has 3 aliphatic carbocycles. The summed E-state index contributed by atoms with van der Waals surface area (Å²) in [4.78, 5) is 16.1. The van der Waals surface area contributed by atoms with E-state index in [0.717, 1.165) is 5.56 Å². The summed E-state index contributed by atoms with van der Waals surface area (Å²) in [7, 11) is 0. The molecule has 6 heteroatoms. The van der Waals surface area contributed by atoms with E-state index in [-0.39, 0.29) is 22.2 Å². The molecule has 25 heavy (non-hydrogen) atoms. The standard InChI is InChI=1S/C19H9BrF2N2O/c1-19(2)9-3-7-10(20)4-6(9)17(25)13-12-11(7)14(21)8(5-23)15(22)16(12)24-18(13)19/h3-4,24H,1-2H3. The van der Waals surface area contributed by atoms with Crippen LogP contribution in [0.4, 0.5) is 8.78 Å². The fourth-order valence-corrected chi connectivity index (χ4v) is 4.70. The van der Waals surface area contributed by atoms with Gasteiger partial charge >= 0.3 is 0 Å². The Bertz CT molecular complexity index is 1230. The monoisotopic (exact) mass is 398 g/mol. The lowest BCUT2D eigenvalue weighted by molar-refractivity contribution is 0.103. The number of halogens is 3. The Morgan fingerprint density at radius 1 is 1.16 bits per heavy atom. The highest BCUT2D eigenvalue weighted by atomic mass is 79.9. The number of hydrogen-bond acceptors (Lipinski definition) is 2. The van der Waals surface area contributed by atoms with Gasteiger partial charge in [-0.1, -0.05) is 29.8 Å². The molecule has 1 aromatic heterocycles. The highest BCUT2D eigenvalue weighted by Crippen LogP contribution is 2.52. The quantitative estimate of drug-likeness (QED) is 0.456. The zero-order valence-electron chi connectivity index (χ0n) is 13.1. The summed E-state index contributed by atoms with van der Waals surface area (Å²) in [5.41, 5.74) is 1.56. The van der Waals surface area contributed by atoms with E-state index in [9.17, 15) is 14.4 Å². The Kier molecular flexibility index (Phi) is 2.47. The second-order valence-electron chi connectivity index (χ2n) is 6.95. The summed E-state index contributed by atoms with van der Waals surface area (Å²) in [6.07, 6.45) is 0. The summed E-state index contributed by atoms with van der Waals surface area (Å²) in [6, 6.07) is 5.07. The lowest BCUT2D eigenvalue weighted by Gasteiger charge is -2.34. The number of aromatic nitrogens is 1. The molecule has 6 bridgehead atoms. The van der Waals surface area contributed by atoms with Crippen LogP contribution in [-0.4, -0.2) is 10.8 Å². The van der Waals surface area contributed by atoms with Gasteiger partial charge in [-0.15, -0.1) is 0 Å². The van der Waals surface area contributed by atoms with Crippen molar-refractivity contribution in [3.63, 3.8) is 0 Å². The molecule has 3 aromatic rings.